The molecule has 0 aromatic heterocycles. The zero-order valence-corrected chi connectivity index (χ0v) is 12.6. The second kappa shape index (κ2) is 7.47. The average molecular weight is 286 g/mol. The number of piperidine rings is 1. The Bertz CT molecular complexity index is 332. The van der Waals surface area contributed by atoms with Gasteiger partial charge in [0.15, 0.2) is 6.04 Å². The fourth-order valence-electron chi connectivity index (χ4n) is 2.72. The van der Waals surface area contributed by atoms with Crippen molar-refractivity contribution in [3.63, 3.8) is 0 Å². The van der Waals surface area contributed by atoms with Crippen molar-refractivity contribution >= 4 is 12.0 Å². The molecular formula is C14H26N2O4. The summed E-state index contributed by atoms with van der Waals surface area (Å²) in [6.07, 6.45) is 4.21. The molecule has 1 fully saturated rings. The average Bonchev–Trinajstić information content (AvgIpc) is 2.46. The Balaban J connectivity index is 2.52. The summed E-state index contributed by atoms with van der Waals surface area (Å²) in [6.45, 7) is 5.74. The number of carboxylic acids is 1. The highest BCUT2D eigenvalue weighted by atomic mass is 16.5. The summed E-state index contributed by atoms with van der Waals surface area (Å²) < 4.78 is 4.81. The summed E-state index contributed by atoms with van der Waals surface area (Å²) in [7, 11) is 1.42. The number of methoxy groups -OCH3 is 1. The number of carbonyl (C=O) groups is 2. The lowest BCUT2D eigenvalue weighted by molar-refractivity contribution is -0.140. The lowest BCUT2D eigenvalue weighted by Crippen LogP contribution is -2.52. The molecule has 1 aliphatic heterocycles. The maximum Gasteiger partial charge on any atom is 0.328 e. The van der Waals surface area contributed by atoms with Crippen LogP contribution in [-0.4, -0.2) is 54.9 Å². The first-order chi connectivity index (χ1) is 9.48. The van der Waals surface area contributed by atoms with E-state index in [0.717, 1.165) is 25.7 Å². The molecule has 0 aromatic carbocycles. The predicted molar refractivity (Wildman–Crippen MR) is 75.7 cm³/mol. The fourth-order valence-corrected chi connectivity index (χ4v) is 2.72. The molecule has 0 saturated carbocycles. The third kappa shape index (κ3) is 4.10. The minimum atomic E-state index is -1.08. The van der Waals surface area contributed by atoms with Crippen LogP contribution >= 0.6 is 0 Å². The number of likely N-dealkylation sites (tertiary alicyclic amines) is 1. The van der Waals surface area contributed by atoms with Crippen molar-refractivity contribution in [2.45, 2.75) is 45.6 Å². The van der Waals surface area contributed by atoms with E-state index in [1.807, 2.05) is 0 Å². The highest BCUT2D eigenvalue weighted by molar-refractivity contribution is 5.82. The molecule has 1 unspecified atom stereocenters. The standard InChI is InChI=1S/C14H26N2O4/c1-4-14(5-2)6-8-16(9-7-14)13(19)15-11(10-20-3)12(17)18/h11H,4-10H2,1-3H3,(H,15,19)(H,17,18). The summed E-state index contributed by atoms with van der Waals surface area (Å²) in [5, 5.41) is 11.5. The van der Waals surface area contributed by atoms with E-state index < -0.39 is 12.0 Å². The molecule has 0 aliphatic carbocycles. The number of hydrogen-bond donors (Lipinski definition) is 2. The zero-order chi connectivity index (χ0) is 15.2. The van der Waals surface area contributed by atoms with Crippen LogP contribution in [0, 0.1) is 5.41 Å². The Morgan fingerprint density at radius 1 is 1.30 bits per heavy atom. The number of rotatable bonds is 6. The van der Waals surface area contributed by atoms with E-state index in [1.165, 1.54) is 7.11 Å². The van der Waals surface area contributed by atoms with Gasteiger partial charge in [0, 0.05) is 20.2 Å². The molecule has 1 saturated heterocycles. The summed E-state index contributed by atoms with van der Waals surface area (Å²) in [5.74, 6) is -1.08. The molecule has 0 aromatic rings. The van der Waals surface area contributed by atoms with Gasteiger partial charge in [-0.05, 0) is 18.3 Å². The van der Waals surface area contributed by atoms with Gasteiger partial charge in [-0.15, -0.1) is 0 Å². The molecule has 1 atom stereocenters. The smallest absolute Gasteiger partial charge is 0.328 e. The van der Waals surface area contributed by atoms with E-state index >= 15 is 0 Å². The monoisotopic (exact) mass is 286 g/mol. The minimum absolute atomic E-state index is 0.0250. The van der Waals surface area contributed by atoms with E-state index in [1.54, 1.807) is 4.90 Å². The first-order valence-corrected chi connectivity index (χ1v) is 7.25. The number of nitrogens with one attached hydrogen (secondary N) is 1. The highest BCUT2D eigenvalue weighted by Gasteiger charge is 2.33. The van der Waals surface area contributed by atoms with Crippen molar-refractivity contribution in [1.82, 2.24) is 10.2 Å². The molecule has 2 N–H and O–H groups in total. The van der Waals surface area contributed by atoms with Crippen molar-refractivity contribution in [2.75, 3.05) is 26.8 Å². The molecule has 116 valence electrons. The second-order valence-electron chi connectivity index (χ2n) is 5.49. The lowest BCUT2D eigenvalue weighted by Gasteiger charge is -2.41. The number of hydrogen-bond acceptors (Lipinski definition) is 3. The largest absolute Gasteiger partial charge is 0.480 e. The van der Waals surface area contributed by atoms with E-state index in [-0.39, 0.29) is 12.6 Å². The molecule has 6 heteroatoms. The van der Waals surface area contributed by atoms with Crippen molar-refractivity contribution in [3.05, 3.63) is 0 Å². The third-order valence-electron chi connectivity index (χ3n) is 4.54. The normalized spacial score (nSPS) is 19.4. The van der Waals surface area contributed by atoms with E-state index in [0.29, 0.717) is 18.5 Å². The first kappa shape index (κ1) is 16.8. The Kier molecular flexibility index (Phi) is 6.26. The van der Waals surface area contributed by atoms with Gasteiger partial charge in [0.1, 0.15) is 0 Å². The maximum absolute atomic E-state index is 12.1. The van der Waals surface area contributed by atoms with Crippen LogP contribution in [0.3, 0.4) is 0 Å². The van der Waals surface area contributed by atoms with Gasteiger partial charge >= 0.3 is 12.0 Å². The third-order valence-corrected chi connectivity index (χ3v) is 4.54. The molecule has 0 spiro atoms. The van der Waals surface area contributed by atoms with Gasteiger partial charge in [-0.3, -0.25) is 0 Å². The van der Waals surface area contributed by atoms with Gasteiger partial charge in [-0.1, -0.05) is 26.7 Å². The summed E-state index contributed by atoms with van der Waals surface area (Å²) in [5.41, 5.74) is 0.343. The zero-order valence-electron chi connectivity index (χ0n) is 12.6. The topological polar surface area (TPSA) is 78.9 Å². The highest BCUT2D eigenvalue weighted by Crippen LogP contribution is 2.37. The molecule has 6 nitrogen and oxygen atoms in total. The number of carboxylic acid groups (broad SMARTS) is 1. The van der Waals surface area contributed by atoms with Crippen LogP contribution in [0.25, 0.3) is 0 Å². The van der Waals surface area contributed by atoms with Crippen molar-refractivity contribution in [3.8, 4) is 0 Å². The van der Waals surface area contributed by atoms with Crippen molar-refractivity contribution in [2.24, 2.45) is 5.41 Å². The van der Waals surface area contributed by atoms with E-state index in [4.69, 9.17) is 9.84 Å². The number of amides is 2. The molecule has 0 radical (unpaired) electrons. The predicted octanol–water partition coefficient (Wildman–Crippen LogP) is 1.70. The summed E-state index contributed by atoms with van der Waals surface area (Å²) in [6, 6.07) is -1.30. The molecule has 1 aliphatic rings. The summed E-state index contributed by atoms with van der Waals surface area (Å²) >= 11 is 0. The molecule has 1 rings (SSSR count). The lowest BCUT2D eigenvalue weighted by atomic mass is 9.74. The van der Waals surface area contributed by atoms with E-state index in [2.05, 4.69) is 19.2 Å². The van der Waals surface area contributed by atoms with Crippen LogP contribution in [-0.2, 0) is 9.53 Å². The Morgan fingerprint density at radius 3 is 2.25 bits per heavy atom. The first-order valence-electron chi connectivity index (χ1n) is 7.25. The van der Waals surface area contributed by atoms with E-state index in [9.17, 15) is 9.59 Å². The van der Waals surface area contributed by atoms with Gasteiger partial charge in [-0.2, -0.15) is 0 Å². The minimum Gasteiger partial charge on any atom is -0.480 e. The number of carbonyl (C=O) groups excluding carboxylic acids is 1. The quantitative estimate of drug-likeness (QED) is 0.779. The number of ether oxygens (including phenoxy) is 1. The number of aliphatic carboxylic acids is 1. The van der Waals surface area contributed by atoms with Crippen LogP contribution in [0.2, 0.25) is 0 Å². The van der Waals surface area contributed by atoms with Gasteiger partial charge < -0.3 is 20.1 Å². The van der Waals surface area contributed by atoms with Crippen LogP contribution in [0.4, 0.5) is 4.79 Å². The molecule has 20 heavy (non-hydrogen) atoms. The summed E-state index contributed by atoms with van der Waals surface area (Å²) in [4.78, 5) is 24.8. The molecule has 2 amide bonds. The maximum atomic E-state index is 12.1. The van der Waals surface area contributed by atoms with Crippen LogP contribution in [0.15, 0.2) is 0 Å². The number of urea groups is 1. The van der Waals surface area contributed by atoms with Gasteiger partial charge in [0.25, 0.3) is 0 Å². The van der Waals surface area contributed by atoms with Crippen LogP contribution in [0.1, 0.15) is 39.5 Å². The number of nitrogens with zero attached hydrogens (tertiary/aromatic N) is 1. The second-order valence-corrected chi connectivity index (χ2v) is 5.49. The Morgan fingerprint density at radius 2 is 1.85 bits per heavy atom. The van der Waals surface area contributed by atoms with Gasteiger partial charge in [0.05, 0.1) is 6.61 Å². The van der Waals surface area contributed by atoms with Crippen molar-refractivity contribution < 1.29 is 19.4 Å². The Labute approximate surface area is 120 Å². The molecular weight excluding hydrogens is 260 g/mol. The van der Waals surface area contributed by atoms with Gasteiger partial charge in [0.2, 0.25) is 0 Å². The molecule has 0 bridgehead atoms. The molecule has 1 heterocycles. The SMILES string of the molecule is CCC1(CC)CCN(C(=O)NC(COC)C(=O)O)CC1. The van der Waals surface area contributed by atoms with Crippen LogP contribution in [0.5, 0.6) is 0 Å². The van der Waals surface area contributed by atoms with Crippen molar-refractivity contribution in [1.29, 1.82) is 0 Å². The fraction of sp³-hybridized carbons (Fsp3) is 0.857. The van der Waals surface area contributed by atoms with Crippen LogP contribution < -0.4 is 5.32 Å². The Hall–Kier alpha value is -1.30. The van der Waals surface area contributed by atoms with Gasteiger partial charge in [-0.25, -0.2) is 9.59 Å².